The van der Waals surface area contributed by atoms with Crippen LogP contribution in [0.5, 0.6) is 5.75 Å². The first kappa shape index (κ1) is 14.1. The Morgan fingerprint density at radius 1 is 1.65 bits per heavy atom. The fraction of sp³-hybridized carbons (Fsp3) is 0.364. The molecule has 0 saturated carbocycles. The second kappa shape index (κ2) is 5.58. The van der Waals surface area contributed by atoms with Crippen molar-refractivity contribution in [2.45, 2.75) is 19.0 Å². The lowest BCUT2D eigenvalue weighted by atomic mass is 10.1. The van der Waals surface area contributed by atoms with Crippen molar-refractivity contribution >= 4 is 29.9 Å². The van der Waals surface area contributed by atoms with E-state index in [9.17, 15) is 4.79 Å². The molecule has 17 heavy (non-hydrogen) atoms. The van der Waals surface area contributed by atoms with Gasteiger partial charge in [0, 0.05) is 10.6 Å². The predicted octanol–water partition coefficient (Wildman–Crippen LogP) is 1.66. The number of hydrogen-bond acceptors (Lipinski definition) is 3. The minimum absolute atomic E-state index is 0. The van der Waals surface area contributed by atoms with Gasteiger partial charge in [0.25, 0.3) is 0 Å². The predicted molar refractivity (Wildman–Crippen MR) is 68.7 cm³/mol. The van der Waals surface area contributed by atoms with Crippen molar-refractivity contribution in [1.29, 1.82) is 0 Å². The van der Waals surface area contributed by atoms with E-state index in [1.807, 2.05) is 0 Å². The fourth-order valence-electron chi connectivity index (χ4n) is 1.61. The summed E-state index contributed by atoms with van der Waals surface area (Å²) in [5, 5.41) is 3.44. The molecule has 4 nitrogen and oxygen atoms in total. The highest BCUT2D eigenvalue weighted by Gasteiger charge is 2.26. The molecule has 1 aliphatic heterocycles. The summed E-state index contributed by atoms with van der Waals surface area (Å²) in [4.78, 5) is 11.5. The van der Waals surface area contributed by atoms with Gasteiger partial charge >= 0.3 is 0 Å². The molecule has 1 heterocycles. The van der Waals surface area contributed by atoms with E-state index >= 15 is 0 Å². The Hall–Kier alpha value is -0.970. The van der Waals surface area contributed by atoms with Crippen molar-refractivity contribution in [3.8, 4) is 5.75 Å². The first-order valence-corrected chi connectivity index (χ1v) is 5.44. The van der Waals surface area contributed by atoms with Crippen LogP contribution in [-0.2, 0) is 4.79 Å². The summed E-state index contributed by atoms with van der Waals surface area (Å²) in [6.45, 7) is 2.07. The zero-order chi connectivity index (χ0) is 11.7. The molecule has 1 aromatic rings. The third kappa shape index (κ3) is 3.03. The van der Waals surface area contributed by atoms with Crippen molar-refractivity contribution in [2.24, 2.45) is 5.73 Å². The molecule has 6 heteroatoms. The van der Waals surface area contributed by atoms with Gasteiger partial charge in [0.05, 0.1) is 12.1 Å². The number of rotatable bonds is 2. The van der Waals surface area contributed by atoms with Crippen LogP contribution in [0.4, 0.5) is 0 Å². The maximum absolute atomic E-state index is 11.5. The second-order valence-corrected chi connectivity index (χ2v) is 4.28. The standard InChI is InChI=1S/C11H13ClN2O2.ClH/c1-6(13)11(15)14-9-5-16-10-3-2-7(12)4-8(9)10;/h2-4,6,9H,5,13H2,1H3,(H,14,15);1H/t6-,9?;/m1./s1. The van der Waals surface area contributed by atoms with Crippen LogP contribution >= 0.6 is 24.0 Å². The molecule has 0 saturated heterocycles. The number of nitrogens with two attached hydrogens (primary N) is 1. The lowest BCUT2D eigenvalue weighted by molar-refractivity contribution is -0.122. The molecule has 94 valence electrons. The molecule has 0 aromatic heterocycles. The molecule has 3 N–H and O–H groups in total. The molecule has 2 atom stereocenters. The molecule has 0 radical (unpaired) electrons. The number of halogens is 2. The lowest BCUT2D eigenvalue weighted by Crippen LogP contribution is -2.40. The monoisotopic (exact) mass is 276 g/mol. The normalized spacial score (nSPS) is 18.6. The minimum atomic E-state index is -0.525. The van der Waals surface area contributed by atoms with Gasteiger partial charge in [-0.25, -0.2) is 0 Å². The van der Waals surface area contributed by atoms with Crippen LogP contribution in [0, 0.1) is 0 Å². The number of amides is 1. The average molecular weight is 277 g/mol. The molecule has 1 aliphatic rings. The zero-order valence-corrected chi connectivity index (χ0v) is 10.8. The van der Waals surface area contributed by atoms with Crippen molar-refractivity contribution in [1.82, 2.24) is 5.32 Å². The Morgan fingerprint density at radius 3 is 3.00 bits per heavy atom. The van der Waals surface area contributed by atoms with Crippen LogP contribution in [0.25, 0.3) is 0 Å². The maximum atomic E-state index is 11.5. The second-order valence-electron chi connectivity index (χ2n) is 3.84. The van der Waals surface area contributed by atoms with E-state index < -0.39 is 6.04 Å². The first-order valence-electron chi connectivity index (χ1n) is 5.06. The molecule has 1 unspecified atom stereocenters. The van der Waals surface area contributed by atoms with E-state index in [1.54, 1.807) is 25.1 Å². The molecule has 0 spiro atoms. The van der Waals surface area contributed by atoms with Gasteiger partial charge in [-0.05, 0) is 25.1 Å². The maximum Gasteiger partial charge on any atom is 0.237 e. The topological polar surface area (TPSA) is 64.4 Å². The molecule has 1 amide bonds. The Kier molecular flexibility index (Phi) is 4.62. The number of ether oxygens (including phenoxy) is 1. The summed E-state index contributed by atoms with van der Waals surface area (Å²) in [5.74, 6) is 0.570. The van der Waals surface area contributed by atoms with Gasteiger partial charge in [-0.1, -0.05) is 11.6 Å². The van der Waals surface area contributed by atoms with Crippen LogP contribution < -0.4 is 15.8 Å². The number of fused-ring (bicyclic) bond motifs is 1. The third-order valence-electron chi connectivity index (χ3n) is 2.48. The van der Waals surface area contributed by atoms with Gasteiger partial charge in [-0.15, -0.1) is 12.4 Å². The number of carbonyl (C=O) groups excluding carboxylic acids is 1. The number of nitrogens with one attached hydrogen (secondary N) is 1. The van der Waals surface area contributed by atoms with Crippen molar-refractivity contribution in [3.05, 3.63) is 28.8 Å². The zero-order valence-electron chi connectivity index (χ0n) is 9.27. The highest BCUT2D eigenvalue weighted by molar-refractivity contribution is 6.30. The number of hydrogen-bond donors (Lipinski definition) is 2. The van der Waals surface area contributed by atoms with Crippen molar-refractivity contribution in [3.63, 3.8) is 0 Å². The molecular formula is C11H14Cl2N2O2. The number of carbonyl (C=O) groups is 1. The van der Waals surface area contributed by atoms with E-state index in [2.05, 4.69) is 5.32 Å². The fourth-order valence-corrected chi connectivity index (χ4v) is 1.79. The molecular weight excluding hydrogens is 263 g/mol. The van der Waals surface area contributed by atoms with Gasteiger partial charge in [0.2, 0.25) is 5.91 Å². The first-order chi connectivity index (χ1) is 7.58. The van der Waals surface area contributed by atoms with Crippen LogP contribution in [0.1, 0.15) is 18.5 Å². The summed E-state index contributed by atoms with van der Waals surface area (Å²) in [5.41, 5.74) is 6.39. The lowest BCUT2D eigenvalue weighted by Gasteiger charge is -2.13. The van der Waals surface area contributed by atoms with Crippen LogP contribution in [0.2, 0.25) is 5.02 Å². The Morgan fingerprint density at radius 2 is 2.35 bits per heavy atom. The SMILES string of the molecule is C[C@@H](N)C(=O)NC1COc2ccc(Cl)cc21.Cl. The molecule has 0 fully saturated rings. The Labute approximate surface area is 111 Å². The van der Waals surface area contributed by atoms with E-state index in [1.165, 1.54) is 0 Å². The Balaban J connectivity index is 0.00000144. The van der Waals surface area contributed by atoms with Crippen molar-refractivity contribution in [2.75, 3.05) is 6.61 Å². The van der Waals surface area contributed by atoms with Gasteiger partial charge in [0.1, 0.15) is 12.4 Å². The summed E-state index contributed by atoms with van der Waals surface area (Å²) in [6, 6.07) is 4.68. The largest absolute Gasteiger partial charge is 0.491 e. The smallest absolute Gasteiger partial charge is 0.237 e. The summed E-state index contributed by atoms with van der Waals surface area (Å²) in [6.07, 6.45) is 0. The highest BCUT2D eigenvalue weighted by atomic mass is 35.5. The average Bonchev–Trinajstić information content (AvgIpc) is 2.61. The van der Waals surface area contributed by atoms with E-state index in [4.69, 9.17) is 22.1 Å². The van der Waals surface area contributed by atoms with Gasteiger partial charge in [0.15, 0.2) is 0 Å². The molecule has 0 aliphatic carbocycles. The van der Waals surface area contributed by atoms with E-state index in [0.717, 1.165) is 11.3 Å². The molecule has 1 aromatic carbocycles. The summed E-state index contributed by atoms with van der Waals surface area (Å²) >= 11 is 5.89. The molecule has 2 rings (SSSR count). The highest BCUT2D eigenvalue weighted by Crippen LogP contribution is 2.34. The van der Waals surface area contributed by atoms with Crippen LogP contribution in [0.15, 0.2) is 18.2 Å². The van der Waals surface area contributed by atoms with Crippen molar-refractivity contribution < 1.29 is 9.53 Å². The van der Waals surface area contributed by atoms with E-state index in [-0.39, 0.29) is 24.4 Å². The van der Waals surface area contributed by atoms with Gasteiger partial charge < -0.3 is 15.8 Å². The summed E-state index contributed by atoms with van der Waals surface area (Å²) in [7, 11) is 0. The third-order valence-corrected chi connectivity index (χ3v) is 2.72. The summed E-state index contributed by atoms with van der Waals surface area (Å²) < 4.78 is 5.43. The van der Waals surface area contributed by atoms with Crippen LogP contribution in [-0.4, -0.2) is 18.6 Å². The van der Waals surface area contributed by atoms with Gasteiger partial charge in [-0.3, -0.25) is 4.79 Å². The van der Waals surface area contributed by atoms with Gasteiger partial charge in [-0.2, -0.15) is 0 Å². The van der Waals surface area contributed by atoms with E-state index in [0.29, 0.717) is 11.6 Å². The van der Waals surface area contributed by atoms with Crippen LogP contribution in [0.3, 0.4) is 0 Å². The Bertz CT molecular complexity index is 424. The minimum Gasteiger partial charge on any atom is -0.491 e. The number of benzene rings is 1. The molecule has 0 bridgehead atoms. The quantitative estimate of drug-likeness (QED) is 0.864.